The van der Waals surface area contributed by atoms with Gasteiger partial charge >= 0.3 is 0 Å². The van der Waals surface area contributed by atoms with E-state index in [9.17, 15) is 4.79 Å². The predicted octanol–water partition coefficient (Wildman–Crippen LogP) is -0.974. The first kappa shape index (κ1) is 9.48. The molecule has 1 aliphatic rings. The Hall–Kier alpha value is -0.610. The van der Waals surface area contributed by atoms with Crippen molar-refractivity contribution in [2.75, 3.05) is 33.2 Å². The van der Waals surface area contributed by atoms with Crippen LogP contribution in [0.4, 0.5) is 0 Å². The van der Waals surface area contributed by atoms with Gasteiger partial charge in [-0.25, -0.2) is 0 Å². The molecule has 2 N–H and O–H groups in total. The Morgan fingerprint density at radius 1 is 1.75 bits per heavy atom. The van der Waals surface area contributed by atoms with Crippen LogP contribution in [0.25, 0.3) is 0 Å². The van der Waals surface area contributed by atoms with Gasteiger partial charge in [-0.2, -0.15) is 0 Å². The molecule has 1 heterocycles. The van der Waals surface area contributed by atoms with Gasteiger partial charge in [0.2, 0.25) is 5.91 Å². The van der Waals surface area contributed by atoms with E-state index in [4.69, 9.17) is 0 Å². The van der Waals surface area contributed by atoms with E-state index in [1.165, 1.54) is 0 Å². The molecule has 70 valence electrons. The summed E-state index contributed by atoms with van der Waals surface area (Å²) in [5.74, 6) is 0.132. The maximum Gasteiger partial charge on any atom is 0.238 e. The molecule has 0 aliphatic carbocycles. The largest absolute Gasteiger partial charge is 0.355 e. The second-order valence-corrected chi connectivity index (χ2v) is 3.10. The number of amides is 1. The van der Waals surface area contributed by atoms with Crippen molar-refractivity contribution in [3.05, 3.63) is 0 Å². The summed E-state index contributed by atoms with van der Waals surface area (Å²) < 4.78 is 0. The van der Waals surface area contributed by atoms with Gasteiger partial charge in [0.1, 0.15) is 6.04 Å². The van der Waals surface area contributed by atoms with E-state index >= 15 is 0 Å². The van der Waals surface area contributed by atoms with Crippen LogP contribution in [0.2, 0.25) is 0 Å². The molecule has 1 saturated heterocycles. The smallest absolute Gasteiger partial charge is 0.238 e. The van der Waals surface area contributed by atoms with Crippen molar-refractivity contribution < 1.29 is 4.79 Å². The molecule has 0 aromatic heterocycles. The van der Waals surface area contributed by atoms with Crippen LogP contribution in [0.3, 0.4) is 0 Å². The average Bonchev–Trinajstić information content (AvgIpc) is 2.05. The Morgan fingerprint density at radius 3 is 3.08 bits per heavy atom. The maximum absolute atomic E-state index is 11.4. The molecule has 4 nitrogen and oxygen atoms in total. The molecule has 0 saturated carbocycles. The lowest BCUT2D eigenvalue weighted by Gasteiger charge is -2.31. The highest BCUT2D eigenvalue weighted by molar-refractivity contribution is 5.82. The minimum atomic E-state index is 0.0127. The van der Waals surface area contributed by atoms with Crippen molar-refractivity contribution in [2.45, 2.75) is 13.0 Å². The molecule has 1 aliphatic heterocycles. The monoisotopic (exact) mass is 171 g/mol. The predicted molar refractivity (Wildman–Crippen MR) is 48.0 cm³/mol. The highest BCUT2D eigenvalue weighted by atomic mass is 16.2. The summed E-state index contributed by atoms with van der Waals surface area (Å²) in [5.41, 5.74) is 0. The summed E-state index contributed by atoms with van der Waals surface area (Å²) in [6.07, 6.45) is 0. The van der Waals surface area contributed by atoms with Gasteiger partial charge in [0.15, 0.2) is 0 Å². The van der Waals surface area contributed by atoms with Crippen LogP contribution in [0.1, 0.15) is 6.92 Å². The quantitative estimate of drug-likeness (QED) is 0.561. The number of hydrogen-bond acceptors (Lipinski definition) is 3. The summed E-state index contributed by atoms with van der Waals surface area (Å²) in [4.78, 5) is 13.5. The van der Waals surface area contributed by atoms with E-state index in [1.54, 1.807) is 0 Å². The summed E-state index contributed by atoms with van der Waals surface area (Å²) in [5, 5.41) is 6.03. The SMILES string of the molecule is CCNC(=O)C1CNCCN1C. The van der Waals surface area contributed by atoms with Crippen LogP contribution in [-0.2, 0) is 4.79 Å². The fourth-order valence-electron chi connectivity index (χ4n) is 1.39. The first-order valence-electron chi connectivity index (χ1n) is 4.44. The van der Waals surface area contributed by atoms with Crippen molar-refractivity contribution in [3.8, 4) is 0 Å². The Morgan fingerprint density at radius 2 is 2.50 bits per heavy atom. The van der Waals surface area contributed by atoms with Crippen LogP contribution >= 0.6 is 0 Å². The van der Waals surface area contributed by atoms with Crippen molar-refractivity contribution in [2.24, 2.45) is 0 Å². The lowest BCUT2D eigenvalue weighted by Crippen LogP contribution is -2.56. The number of hydrogen-bond donors (Lipinski definition) is 2. The van der Waals surface area contributed by atoms with Gasteiger partial charge in [-0.3, -0.25) is 9.69 Å². The molecule has 1 unspecified atom stereocenters. The molecule has 4 heteroatoms. The number of carbonyl (C=O) groups excluding carboxylic acids is 1. The molecule has 1 rings (SSSR count). The van der Waals surface area contributed by atoms with Gasteiger partial charge in [0, 0.05) is 26.2 Å². The van der Waals surface area contributed by atoms with E-state index in [0.29, 0.717) is 6.54 Å². The maximum atomic E-state index is 11.4. The molecule has 1 atom stereocenters. The number of piperazine rings is 1. The van der Waals surface area contributed by atoms with Crippen LogP contribution in [0, 0.1) is 0 Å². The molecular formula is C8H17N3O. The van der Waals surface area contributed by atoms with E-state index < -0.39 is 0 Å². The highest BCUT2D eigenvalue weighted by Crippen LogP contribution is 1.98. The van der Waals surface area contributed by atoms with Gasteiger partial charge in [0.05, 0.1) is 0 Å². The number of nitrogens with zero attached hydrogens (tertiary/aromatic N) is 1. The minimum Gasteiger partial charge on any atom is -0.355 e. The third-order valence-electron chi connectivity index (χ3n) is 2.16. The van der Waals surface area contributed by atoms with Gasteiger partial charge in [0.25, 0.3) is 0 Å². The fourth-order valence-corrected chi connectivity index (χ4v) is 1.39. The Kier molecular flexibility index (Phi) is 3.49. The van der Waals surface area contributed by atoms with Crippen LogP contribution in [0.15, 0.2) is 0 Å². The van der Waals surface area contributed by atoms with E-state index in [1.807, 2.05) is 14.0 Å². The molecule has 0 aromatic carbocycles. The van der Waals surface area contributed by atoms with Crippen molar-refractivity contribution in [1.29, 1.82) is 0 Å². The number of nitrogens with one attached hydrogen (secondary N) is 2. The second kappa shape index (κ2) is 4.42. The topological polar surface area (TPSA) is 44.4 Å². The van der Waals surface area contributed by atoms with E-state index in [0.717, 1.165) is 19.6 Å². The zero-order valence-electron chi connectivity index (χ0n) is 7.76. The zero-order chi connectivity index (χ0) is 8.97. The molecule has 1 fully saturated rings. The number of rotatable bonds is 2. The summed E-state index contributed by atoms with van der Waals surface area (Å²) >= 11 is 0. The summed E-state index contributed by atoms with van der Waals surface area (Å²) in [6, 6.07) is 0.0127. The lowest BCUT2D eigenvalue weighted by molar-refractivity contribution is -0.126. The Bertz CT molecular complexity index is 160. The molecule has 0 bridgehead atoms. The third kappa shape index (κ3) is 2.19. The van der Waals surface area contributed by atoms with Gasteiger partial charge in [-0.15, -0.1) is 0 Å². The summed E-state index contributed by atoms with van der Waals surface area (Å²) in [7, 11) is 1.99. The van der Waals surface area contributed by atoms with Gasteiger partial charge < -0.3 is 10.6 Å². The normalized spacial score (nSPS) is 25.3. The van der Waals surface area contributed by atoms with Crippen molar-refractivity contribution >= 4 is 5.91 Å². The number of likely N-dealkylation sites (N-methyl/N-ethyl adjacent to an activating group) is 2. The minimum absolute atomic E-state index is 0.0127. The molecule has 1 amide bonds. The van der Waals surface area contributed by atoms with Gasteiger partial charge in [-0.1, -0.05) is 0 Å². The van der Waals surface area contributed by atoms with Crippen molar-refractivity contribution in [1.82, 2.24) is 15.5 Å². The Balaban J connectivity index is 2.42. The van der Waals surface area contributed by atoms with E-state index in [-0.39, 0.29) is 11.9 Å². The van der Waals surface area contributed by atoms with Crippen LogP contribution in [-0.4, -0.2) is 50.1 Å². The molecule has 12 heavy (non-hydrogen) atoms. The molecule has 0 radical (unpaired) electrons. The average molecular weight is 171 g/mol. The highest BCUT2D eigenvalue weighted by Gasteiger charge is 2.24. The molecule has 0 spiro atoms. The zero-order valence-corrected chi connectivity index (χ0v) is 7.76. The van der Waals surface area contributed by atoms with Gasteiger partial charge in [-0.05, 0) is 14.0 Å². The standard InChI is InChI=1S/C8H17N3O/c1-3-10-8(12)7-6-9-4-5-11(7)2/h7,9H,3-6H2,1-2H3,(H,10,12). The molecule has 0 aromatic rings. The molecular weight excluding hydrogens is 154 g/mol. The van der Waals surface area contributed by atoms with Crippen LogP contribution < -0.4 is 10.6 Å². The second-order valence-electron chi connectivity index (χ2n) is 3.10. The van der Waals surface area contributed by atoms with E-state index in [2.05, 4.69) is 15.5 Å². The first-order valence-corrected chi connectivity index (χ1v) is 4.44. The number of carbonyl (C=O) groups is 1. The van der Waals surface area contributed by atoms with Crippen molar-refractivity contribution in [3.63, 3.8) is 0 Å². The van der Waals surface area contributed by atoms with Crippen LogP contribution in [0.5, 0.6) is 0 Å². The third-order valence-corrected chi connectivity index (χ3v) is 2.16. The fraction of sp³-hybridized carbons (Fsp3) is 0.875. The first-order chi connectivity index (χ1) is 5.75. The summed E-state index contributed by atoms with van der Waals surface area (Å²) in [6.45, 7) is 5.34. The Labute approximate surface area is 73.3 Å². The lowest BCUT2D eigenvalue weighted by atomic mass is 10.2.